The van der Waals surface area contributed by atoms with Crippen LogP contribution in [0, 0.1) is 0 Å². The second kappa shape index (κ2) is 12.7. The van der Waals surface area contributed by atoms with Crippen LogP contribution in [0.25, 0.3) is 0 Å². The predicted molar refractivity (Wildman–Crippen MR) is 139 cm³/mol. The van der Waals surface area contributed by atoms with Crippen molar-refractivity contribution in [1.82, 2.24) is 15.1 Å². The van der Waals surface area contributed by atoms with Gasteiger partial charge in [-0.2, -0.15) is 0 Å². The first-order chi connectivity index (χ1) is 17.1. The van der Waals surface area contributed by atoms with E-state index in [0.29, 0.717) is 18.7 Å². The number of hydrogen-bond acceptors (Lipinski definition) is 4. The maximum atomic E-state index is 12.9. The highest BCUT2D eigenvalue weighted by atomic mass is 16.5. The van der Waals surface area contributed by atoms with Crippen molar-refractivity contribution in [2.45, 2.75) is 38.5 Å². The monoisotopic (exact) mass is 478 g/mol. The number of benzene rings is 2. The minimum Gasteiger partial charge on any atom is -0.379 e. The number of carbonyl (C=O) groups excluding carboxylic acids is 2. The molecule has 0 spiro atoms. The molecule has 4 rings (SSSR count). The summed E-state index contributed by atoms with van der Waals surface area (Å²) in [5.41, 5.74) is 3.88. The molecular formula is C28H38N4O3. The fourth-order valence-corrected chi connectivity index (χ4v) is 4.83. The minimum absolute atomic E-state index is 0.0326. The molecule has 7 nitrogen and oxygen atoms in total. The molecule has 1 atom stereocenters. The molecule has 0 saturated carbocycles. The van der Waals surface area contributed by atoms with Crippen molar-refractivity contribution in [3.63, 3.8) is 0 Å². The summed E-state index contributed by atoms with van der Waals surface area (Å²) in [6.45, 7) is 8.70. The predicted octanol–water partition coefficient (Wildman–Crippen LogP) is 4.11. The molecule has 2 saturated heterocycles. The van der Waals surface area contributed by atoms with Gasteiger partial charge in [0.25, 0.3) is 5.91 Å². The Morgan fingerprint density at radius 1 is 1.06 bits per heavy atom. The lowest BCUT2D eigenvalue weighted by atomic mass is 9.89. The van der Waals surface area contributed by atoms with Crippen molar-refractivity contribution >= 4 is 17.6 Å². The van der Waals surface area contributed by atoms with Gasteiger partial charge in [0.2, 0.25) is 0 Å². The third-order valence-corrected chi connectivity index (χ3v) is 6.98. The van der Waals surface area contributed by atoms with E-state index in [4.69, 9.17) is 4.74 Å². The summed E-state index contributed by atoms with van der Waals surface area (Å²) in [6.07, 6.45) is 3.87. The highest BCUT2D eigenvalue weighted by molar-refractivity contribution is 5.94. The molecule has 3 amide bonds. The Morgan fingerprint density at radius 3 is 2.63 bits per heavy atom. The Labute approximate surface area is 208 Å². The van der Waals surface area contributed by atoms with E-state index in [1.807, 2.05) is 47.4 Å². The Kier molecular flexibility index (Phi) is 9.15. The van der Waals surface area contributed by atoms with Crippen molar-refractivity contribution in [3.05, 3.63) is 65.2 Å². The number of carbonyl (C=O) groups is 2. The molecule has 0 aromatic heterocycles. The molecule has 2 N–H and O–H groups in total. The van der Waals surface area contributed by atoms with Crippen LogP contribution in [0.15, 0.2) is 48.5 Å². The van der Waals surface area contributed by atoms with Gasteiger partial charge in [0, 0.05) is 49.9 Å². The number of anilines is 1. The van der Waals surface area contributed by atoms with Crippen molar-refractivity contribution in [2.24, 2.45) is 0 Å². The number of aryl methyl sites for hydroxylation is 1. The van der Waals surface area contributed by atoms with Gasteiger partial charge in [0.05, 0.1) is 13.2 Å². The molecule has 2 fully saturated rings. The number of nitrogens with zero attached hydrogens (tertiary/aromatic N) is 2. The number of urea groups is 1. The van der Waals surface area contributed by atoms with E-state index >= 15 is 0 Å². The molecule has 0 bridgehead atoms. The van der Waals surface area contributed by atoms with Crippen LogP contribution in [0.1, 0.15) is 53.6 Å². The molecular weight excluding hydrogens is 440 g/mol. The number of morpholine rings is 1. The summed E-state index contributed by atoms with van der Waals surface area (Å²) >= 11 is 0. The molecule has 2 aromatic rings. The fraction of sp³-hybridized carbons (Fsp3) is 0.500. The van der Waals surface area contributed by atoms with Crippen LogP contribution < -0.4 is 10.6 Å². The van der Waals surface area contributed by atoms with E-state index in [-0.39, 0.29) is 17.9 Å². The lowest BCUT2D eigenvalue weighted by Crippen LogP contribution is -2.41. The van der Waals surface area contributed by atoms with Crippen LogP contribution >= 0.6 is 0 Å². The SMILES string of the molecule is CCc1ccc(NC(=O)N2CCC[C@@H](c3cccc(C(=O)NCCCN4CCOCC4)c3)C2)cc1. The number of likely N-dealkylation sites (tertiary alicyclic amines) is 1. The number of piperidine rings is 1. The summed E-state index contributed by atoms with van der Waals surface area (Å²) in [4.78, 5) is 29.9. The molecule has 7 heteroatoms. The lowest BCUT2D eigenvalue weighted by Gasteiger charge is -2.33. The first-order valence-corrected chi connectivity index (χ1v) is 13.0. The largest absolute Gasteiger partial charge is 0.379 e. The van der Waals surface area contributed by atoms with Gasteiger partial charge >= 0.3 is 6.03 Å². The summed E-state index contributed by atoms with van der Waals surface area (Å²) < 4.78 is 5.38. The van der Waals surface area contributed by atoms with Gasteiger partial charge in [-0.05, 0) is 67.6 Å². The fourth-order valence-electron chi connectivity index (χ4n) is 4.83. The van der Waals surface area contributed by atoms with Gasteiger partial charge in [0.1, 0.15) is 0 Å². The van der Waals surface area contributed by atoms with Crippen molar-refractivity contribution < 1.29 is 14.3 Å². The van der Waals surface area contributed by atoms with Crippen molar-refractivity contribution in [3.8, 4) is 0 Å². The van der Waals surface area contributed by atoms with Gasteiger partial charge in [-0.1, -0.05) is 31.2 Å². The normalized spacial score (nSPS) is 18.8. The van der Waals surface area contributed by atoms with Gasteiger partial charge in [0.15, 0.2) is 0 Å². The van der Waals surface area contributed by atoms with Gasteiger partial charge in [-0.25, -0.2) is 4.79 Å². The average Bonchev–Trinajstić information content (AvgIpc) is 2.92. The molecule has 188 valence electrons. The number of rotatable bonds is 8. The van der Waals surface area contributed by atoms with E-state index in [1.165, 1.54) is 5.56 Å². The molecule has 2 aliphatic rings. The Balaban J connectivity index is 1.28. The number of ether oxygens (including phenoxy) is 1. The summed E-state index contributed by atoms with van der Waals surface area (Å²) in [5, 5.41) is 6.09. The smallest absolute Gasteiger partial charge is 0.321 e. The quantitative estimate of drug-likeness (QED) is 0.560. The Morgan fingerprint density at radius 2 is 1.86 bits per heavy atom. The number of amides is 3. The van der Waals surface area contributed by atoms with Crippen LogP contribution in [0.3, 0.4) is 0 Å². The molecule has 0 unspecified atom stereocenters. The van der Waals surface area contributed by atoms with Crippen LogP contribution in [0.2, 0.25) is 0 Å². The van der Waals surface area contributed by atoms with Crippen LogP contribution in [0.5, 0.6) is 0 Å². The molecule has 0 aliphatic carbocycles. The highest BCUT2D eigenvalue weighted by Gasteiger charge is 2.25. The van der Waals surface area contributed by atoms with E-state index in [1.54, 1.807) is 0 Å². The second-order valence-corrected chi connectivity index (χ2v) is 9.45. The topological polar surface area (TPSA) is 73.9 Å². The number of nitrogens with one attached hydrogen (secondary N) is 2. The maximum Gasteiger partial charge on any atom is 0.321 e. The lowest BCUT2D eigenvalue weighted by molar-refractivity contribution is 0.0374. The zero-order valence-corrected chi connectivity index (χ0v) is 20.8. The first-order valence-electron chi connectivity index (χ1n) is 13.0. The first kappa shape index (κ1) is 25.2. The Bertz CT molecular complexity index is 972. The third-order valence-electron chi connectivity index (χ3n) is 6.98. The van der Waals surface area contributed by atoms with E-state index < -0.39 is 0 Å². The molecule has 2 aliphatic heterocycles. The third kappa shape index (κ3) is 7.29. The molecule has 35 heavy (non-hydrogen) atoms. The van der Waals surface area contributed by atoms with E-state index in [0.717, 1.165) is 76.3 Å². The summed E-state index contributed by atoms with van der Waals surface area (Å²) in [5.74, 6) is 0.195. The Hall–Kier alpha value is -2.90. The standard InChI is InChI=1S/C28H38N4O3/c1-2-22-9-11-26(12-10-22)30-28(34)32-15-4-8-25(21-32)23-6-3-7-24(20-23)27(33)29-13-5-14-31-16-18-35-19-17-31/h3,6-7,9-12,20,25H,2,4-5,8,13-19,21H2,1H3,(H,29,33)(H,30,34)/t25-/m1/s1. The molecule has 2 heterocycles. The van der Waals surface area contributed by atoms with E-state index in [2.05, 4.69) is 28.5 Å². The minimum atomic E-state index is -0.0619. The van der Waals surface area contributed by atoms with Crippen molar-refractivity contribution in [1.29, 1.82) is 0 Å². The summed E-state index contributed by atoms with van der Waals surface area (Å²) in [7, 11) is 0. The summed E-state index contributed by atoms with van der Waals surface area (Å²) in [6, 6.07) is 15.8. The van der Waals surface area contributed by atoms with Crippen molar-refractivity contribution in [2.75, 3.05) is 57.8 Å². The van der Waals surface area contributed by atoms with Crippen LogP contribution in [0.4, 0.5) is 10.5 Å². The van der Waals surface area contributed by atoms with Crippen LogP contribution in [-0.2, 0) is 11.2 Å². The maximum absolute atomic E-state index is 12.9. The van der Waals surface area contributed by atoms with Gasteiger partial charge in [-0.3, -0.25) is 9.69 Å². The zero-order valence-electron chi connectivity index (χ0n) is 20.8. The average molecular weight is 479 g/mol. The number of hydrogen-bond donors (Lipinski definition) is 2. The zero-order chi connectivity index (χ0) is 24.5. The molecule has 2 aromatic carbocycles. The van der Waals surface area contributed by atoms with E-state index in [9.17, 15) is 9.59 Å². The van der Waals surface area contributed by atoms with Gasteiger partial charge in [-0.15, -0.1) is 0 Å². The van der Waals surface area contributed by atoms with Crippen LogP contribution in [-0.4, -0.2) is 74.2 Å². The second-order valence-electron chi connectivity index (χ2n) is 9.45. The molecule has 0 radical (unpaired) electrons. The van der Waals surface area contributed by atoms with Gasteiger partial charge < -0.3 is 20.3 Å². The highest BCUT2D eigenvalue weighted by Crippen LogP contribution is 2.28.